The van der Waals surface area contributed by atoms with E-state index in [2.05, 4.69) is 101 Å². The standard InChI is InChI=1S/2C17H16N.Zr/c2*1-12(2)13-6-5-7-14-15(13)9-10-16(14)17-8-3-4-11-18-17;/h2*3-9,11-12,16H,1-2H3;. The zero-order chi connectivity index (χ0) is 25.5. The van der Waals surface area contributed by atoms with Gasteiger partial charge in [0.25, 0.3) is 0 Å². The maximum absolute atomic E-state index is 4.87. The number of hydrogen-bond acceptors (Lipinski definition) is 2. The van der Waals surface area contributed by atoms with E-state index in [9.17, 15) is 0 Å². The van der Waals surface area contributed by atoms with Crippen molar-refractivity contribution in [1.29, 1.82) is 0 Å². The van der Waals surface area contributed by atoms with E-state index in [4.69, 9.17) is 9.97 Å². The van der Waals surface area contributed by atoms with Crippen molar-refractivity contribution in [3.63, 3.8) is 0 Å². The molecule has 3 heteroatoms. The van der Waals surface area contributed by atoms with Crippen LogP contribution in [-0.2, 0) is 23.2 Å². The van der Waals surface area contributed by atoms with Gasteiger partial charge >= 0.3 is 233 Å². The fraction of sp³-hybridized carbons (Fsp3) is 0.235. The van der Waals surface area contributed by atoms with Crippen LogP contribution in [0.2, 0.25) is 0 Å². The van der Waals surface area contributed by atoms with Crippen molar-refractivity contribution in [2.45, 2.75) is 51.4 Å². The first-order valence-corrected chi connectivity index (χ1v) is 15.8. The minimum absolute atomic E-state index is 0.250. The zero-order valence-corrected chi connectivity index (χ0v) is 24.4. The number of hydrogen-bond donors (Lipinski definition) is 0. The molecule has 2 aromatic carbocycles. The van der Waals surface area contributed by atoms with Crippen LogP contribution in [0, 0.1) is 0 Å². The molecule has 0 bridgehead atoms. The first-order valence-electron chi connectivity index (χ1n) is 13.3. The third kappa shape index (κ3) is 4.42. The number of allylic oxidation sites excluding steroid dienone is 2. The summed E-state index contributed by atoms with van der Waals surface area (Å²) >= 11 is -1.16. The van der Waals surface area contributed by atoms with Gasteiger partial charge in [0.1, 0.15) is 0 Å². The molecule has 0 radical (unpaired) electrons. The molecule has 0 saturated heterocycles. The summed E-state index contributed by atoms with van der Waals surface area (Å²) in [5.41, 5.74) is 10.9. The van der Waals surface area contributed by atoms with Crippen molar-refractivity contribution >= 4 is 12.2 Å². The van der Waals surface area contributed by atoms with Gasteiger partial charge in [0.2, 0.25) is 0 Å². The fourth-order valence-electron chi connectivity index (χ4n) is 5.97. The number of pyridine rings is 2. The van der Waals surface area contributed by atoms with E-state index in [-0.39, 0.29) is 11.8 Å². The molecule has 2 aromatic heterocycles. The molecular weight excluding hydrogens is 528 g/mol. The summed E-state index contributed by atoms with van der Waals surface area (Å²) in [7, 11) is 0. The van der Waals surface area contributed by atoms with Crippen molar-refractivity contribution < 1.29 is 23.2 Å². The van der Waals surface area contributed by atoms with E-state index < -0.39 is 23.2 Å². The van der Waals surface area contributed by atoms with Crippen molar-refractivity contribution in [1.82, 2.24) is 9.97 Å². The average molecular weight is 560 g/mol. The Bertz CT molecular complexity index is 1380. The maximum atomic E-state index is 4.87. The normalized spacial score (nSPS) is 18.0. The van der Waals surface area contributed by atoms with E-state index in [0.717, 1.165) is 0 Å². The molecule has 0 fully saturated rings. The average Bonchev–Trinajstić information content (AvgIpc) is 3.47. The Morgan fingerprint density at radius 1 is 0.568 bits per heavy atom. The predicted molar refractivity (Wildman–Crippen MR) is 149 cm³/mol. The summed E-state index contributed by atoms with van der Waals surface area (Å²) in [6.07, 6.45) is 8.97. The van der Waals surface area contributed by atoms with Gasteiger partial charge in [-0.05, 0) is 0 Å². The van der Waals surface area contributed by atoms with Gasteiger partial charge in [-0.15, -0.1) is 0 Å². The Morgan fingerprint density at radius 3 is 1.41 bits per heavy atom. The SMILES string of the molecule is CC(C)c1cccc2c1C=[C]([Zr][C]1=Cc3c(C(C)C)cccc3C1c1ccccn1)C2c1ccccn1. The van der Waals surface area contributed by atoms with Crippen LogP contribution < -0.4 is 0 Å². The quantitative estimate of drug-likeness (QED) is 0.237. The molecule has 2 aliphatic carbocycles. The van der Waals surface area contributed by atoms with E-state index >= 15 is 0 Å². The van der Waals surface area contributed by atoms with Crippen LogP contribution in [0.3, 0.4) is 0 Å². The van der Waals surface area contributed by atoms with Crippen molar-refractivity contribution in [3.8, 4) is 0 Å². The molecule has 2 atom stereocenters. The number of aromatic nitrogens is 2. The summed E-state index contributed by atoms with van der Waals surface area (Å²) in [6, 6.07) is 26.5. The molecule has 0 saturated carbocycles. The molecule has 0 N–H and O–H groups in total. The van der Waals surface area contributed by atoms with Crippen LogP contribution in [-0.4, -0.2) is 9.97 Å². The number of rotatable bonds is 6. The molecule has 182 valence electrons. The van der Waals surface area contributed by atoms with Gasteiger partial charge in [-0.25, -0.2) is 0 Å². The Morgan fingerprint density at radius 2 is 1.03 bits per heavy atom. The monoisotopic (exact) mass is 558 g/mol. The Balaban J connectivity index is 1.49. The van der Waals surface area contributed by atoms with Gasteiger partial charge in [-0.2, -0.15) is 0 Å². The van der Waals surface area contributed by atoms with E-state index in [0.29, 0.717) is 11.8 Å². The molecule has 0 amide bonds. The van der Waals surface area contributed by atoms with E-state index in [1.54, 1.807) is 6.56 Å². The van der Waals surface area contributed by atoms with Gasteiger partial charge < -0.3 is 0 Å². The Hall–Kier alpha value is -2.90. The number of benzene rings is 2. The first-order chi connectivity index (χ1) is 18.0. The van der Waals surface area contributed by atoms with Gasteiger partial charge in [0, 0.05) is 0 Å². The third-order valence-corrected chi connectivity index (χ3v) is 11.2. The molecule has 2 nitrogen and oxygen atoms in total. The summed E-state index contributed by atoms with van der Waals surface area (Å²) in [4.78, 5) is 9.73. The second-order valence-electron chi connectivity index (χ2n) is 10.7. The van der Waals surface area contributed by atoms with Gasteiger partial charge in [0.05, 0.1) is 0 Å². The van der Waals surface area contributed by atoms with Crippen LogP contribution in [0.1, 0.15) is 96.1 Å². The van der Waals surface area contributed by atoms with Crippen LogP contribution in [0.15, 0.2) is 91.8 Å². The molecule has 2 heterocycles. The van der Waals surface area contributed by atoms with Crippen LogP contribution in [0.5, 0.6) is 0 Å². The predicted octanol–water partition coefficient (Wildman–Crippen LogP) is 8.48. The topological polar surface area (TPSA) is 25.8 Å². The molecule has 6 rings (SSSR count). The Labute approximate surface area is 232 Å². The van der Waals surface area contributed by atoms with Crippen LogP contribution in [0.25, 0.3) is 12.2 Å². The number of nitrogens with zero attached hydrogens (tertiary/aromatic N) is 2. The molecule has 4 aromatic rings. The summed E-state index contributed by atoms with van der Waals surface area (Å²) in [5.74, 6) is 1.48. The van der Waals surface area contributed by atoms with Gasteiger partial charge in [0.15, 0.2) is 0 Å². The second kappa shape index (κ2) is 10.1. The summed E-state index contributed by atoms with van der Waals surface area (Å²) in [6.45, 7) is 9.21. The molecular formula is C34H32N2Zr. The fourth-order valence-corrected chi connectivity index (χ4v) is 10.1. The van der Waals surface area contributed by atoms with E-state index in [1.807, 2.05) is 24.5 Å². The molecule has 37 heavy (non-hydrogen) atoms. The summed E-state index contributed by atoms with van der Waals surface area (Å²) in [5, 5.41) is 0. The second-order valence-corrected chi connectivity index (χ2v) is 14.2. The molecule has 0 aliphatic heterocycles. The molecule has 2 unspecified atom stereocenters. The molecule has 2 aliphatic rings. The first kappa shape index (κ1) is 24.4. The minimum atomic E-state index is -1.16. The zero-order valence-electron chi connectivity index (χ0n) is 21.9. The van der Waals surface area contributed by atoms with E-state index in [1.165, 1.54) is 44.8 Å². The third-order valence-electron chi connectivity index (χ3n) is 7.69. The van der Waals surface area contributed by atoms with Crippen molar-refractivity contribution in [2.75, 3.05) is 0 Å². The van der Waals surface area contributed by atoms with Crippen LogP contribution in [0.4, 0.5) is 0 Å². The van der Waals surface area contributed by atoms with Gasteiger partial charge in [-0.1, -0.05) is 0 Å². The molecule has 0 spiro atoms. The van der Waals surface area contributed by atoms with Gasteiger partial charge in [-0.3, -0.25) is 0 Å². The number of fused-ring (bicyclic) bond motifs is 2. The summed E-state index contributed by atoms with van der Waals surface area (Å²) < 4.78 is 3.19. The van der Waals surface area contributed by atoms with Crippen molar-refractivity contribution in [2.24, 2.45) is 0 Å². The Kier molecular flexibility index (Phi) is 6.68. The van der Waals surface area contributed by atoms with Crippen molar-refractivity contribution in [3.05, 3.63) is 137 Å². The van der Waals surface area contributed by atoms with Crippen LogP contribution >= 0.6 is 0 Å².